The van der Waals surface area contributed by atoms with Gasteiger partial charge in [0.05, 0.1) is 5.92 Å². The molecule has 0 bridgehead atoms. The molecule has 0 aliphatic heterocycles. The Morgan fingerprint density at radius 2 is 1.65 bits per heavy atom. The molecule has 0 saturated carbocycles. The standard InChI is InChI=1S/C15H32O3Si2/c1-9-20(10-2,15(6,7)8)18-14(16)13(5)11-19-17-12(3)4/h12-13H,9-11H2,1-8H3. The summed E-state index contributed by atoms with van der Waals surface area (Å²) in [5.74, 6) is -0.102. The first-order chi connectivity index (χ1) is 9.09. The Hall–Kier alpha value is -0.136. The van der Waals surface area contributed by atoms with Crippen LogP contribution in [0.4, 0.5) is 0 Å². The van der Waals surface area contributed by atoms with E-state index in [-0.39, 0.29) is 23.0 Å². The van der Waals surface area contributed by atoms with Crippen LogP contribution in [0.25, 0.3) is 0 Å². The van der Waals surface area contributed by atoms with Gasteiger partial charge < -0.3 is 8.85 Å². The normalized spacial score (nSPS) is 14.4. The molecule has 5 heteroatoms. The summed E-state index contributed by atoms with van der Waals surface area (Å²) in [5.41, 5.74) is 0. The third kappa shape index (κ3) is 5.70. The van der Waals surface area contributed by atoms with Crippen molar-refractivity contribution in [3.05, 3.63) is 0 Å². The van der Waals surface area contributed by atoms with Crippen LogP contribution in [-0.4, -0.2) is 30.2 Å². The largest absolute Gasteiger partial charge is 0.518 e. The van der Waals surface area contributed by atoms with Gasteiger partial charge in [0, 0.05) is 6.10 Å². The molecule has 0 heterocycles. The summed E-state index contributed by atoms with van der Waals surface area (Å²) in [4.78, 5) is 12.4. The Kier molecular flexibility index (Phi) is 8.28. The predicted molar refractivity (Wildman–Crippen MR) is 88.5 cm³/mol. The molecule has 0 N–H and O–H groups in total. The van der Waals surface area contributed by atoms with Gasteiger partial charge in [-0.15, -0.1) is 0 Å². The lowest BCUT2D eigenvalue weighted by Crippen LogP contribution is -2.48. The molecule has 0 aliphatic carbocycles. The van der Waals surface area contributed by atoms with E-state index in [1.165, 1.54) is 0 Å². The number of rotatable bonds is 8. The van der Waals surface area contributed by atoms with Crippen LogP contribution in [0.5, 0.6) is 0 Å². The van der Waals surface area contributed by atoms with Gasteiger partial charge >= 0.3 is 0 Å². The third-order valence-corrected chi connectivity index (χ3v) is 10.9. The van der Waals surface area contributed by atoms with Gasteiger partial charge in [0.15, 0.2) is 0 Å². The molecule has 118 valence electrons. The molecule has 0 rings (SSSR count). The van der Waals surface area contributed by atoms with Crippen molar-refractivity contribution < 1.29 is 13.6 Å². The van der Waals surface area contributed by atoms with Gasteiger partial charge in [0.1, 0.15) is 0 Å². The average Bonchev–Trinajstić information content (AvgIpc) is 2.33. The van der Waals surface area contributed by atoms with Gasteiger partial charge in [0.2, 0.25) is 9.76 Å². The molecular weight excluding hydrogens is 284 g/mol. The molecule has 0 spiro atoms. The first-order valence-electron chi connectivity index (χ1n) is 7.71. The maximum absolute atomic E-state index is 12.4. The summed E-state index contributed by atoms with van der Waals surface area (Å²) >= 11 is 0. The van der Waals surface area contributed by atoms with Gasteiger partial charge in [-0.25, -0.2) is 0 Å². The van der Waals surface area contributed by atoms with Crippen molar-refractivity contribution in [2.75, 3.05) is 0 Å². The summed E-state index contributed by atoms with van der Waals surface area (Å²) in [7, 11) is -1.64. The summed E-state index contributed by atoms with van der Waals surface area (Å²) in [6.45, 7) is 16.9. The average molecular weight is 317 g/mol. The molecule has 1 atom stereocenters. The summed E-state index contributed by atoms with van der Waals surface area (Å²) in [6, 6.07) is 2.73. The van der Waals surface area contributed by atoms with Gasteiger partial charge in [0.25, 0.3) is 14.3 Å². The van der Waals surface area contributed by atoms with Crippen LogP contribution in [0.3, 0.4) is 0 Å². The molecule has 0 amide bonds. The Morgan fingerprint density at radius 3 is 2.00 bits per heavy atom. The van der Waals surface area contributed by atoms with Crippen molar-refractivity contribution in [2.24, 2.45) is 5.92 Å². The fourth-order valence-electron chi connectivity index (χ4n) is 2.32. The molecule has 0 aliphatic rings. The monoisotopic (exact) mass is 316 g/mol. The van der Waals surface area contributed by atoms with E-state index in [0.29, 0.717) is 9.76 Å². The van der Waals surface area contributed by atoms with E-state index in [4.69, 9.17) is 8.85 Å². The first kappa shape index (κ1) is 19.9. The molecule has 0 aromatic rings. The molecule has 0 aromatic carbocycles. The summed E-state index contributed by atoms with van der Waals surface area (Å²) in [6.07, 6.45) is 0.228. The highest BCUT2D eigenvalue weighted by molar-refractivity contribution is 6.77. The maximum atomic E-state index is 12.4. The van der Waals surface area contributed by atoms with Crippen LogP contribution in [0, 0.1) is 5.92 Å². The number of hydrogen-bond acceptors (Lipinski definition) is 3. The number of carbonyl (C=O) groups excluding carboxylic acids is 1. The van der Waals surface area contributed by atoms with E-state index in [9.17, 15) is 4.79 Å². The topological polar surface area (TPSA) is 35.5 Å². The van der Waals surface area contributed by atoms with Gasteiger partial charge in [-0.3, -0.25) is 4.79 Å². The van der Waals surface area contributed by atoms with E-state index in [0.717, 1.165) is 18.1 Å². The van der Waals surface area contributed by atoms with Crippen LogP contribution in [-0.2, 0) is 13.6 Å². The first-order valence-corrected chi connectivity index (χ1v) is 11.1. The molecule has 0 saturated heterocycles. The molecular formula is C15H32O3Si2. The van der Waals surface area contributed by atoms with Crippen molar-refractivity contribution in [3.63, 3.8) is 0 Å². The van der Waals surface area contributed by atoms with Crippen molar-refractivity contribution >= 4 is 24.0 Å². The van der Waals surface area contributed by atoms with E-state index < -0.39 is 8.32 Å². The lowest BCUT2D eigenvalue weighted by Gasteiger charge is -2.41. The quantitative estimate of drug-likeness (QED) is 0.622. The zero-order chi connectivity index (χ0) is 16.0. The van der Waals surface area contributed by atoms with Crippen LogP contribution in [0.15, 0.2) is 0 Å². The Labute approximate surface area is 128 Å². The smallest absolute Gasteiger partial charge is 0.295 e. The minimum atomic E-state index is -2.02. The second-order valence-corrected chi connectivity index (χ2v) is 12.8. The minimum absolute atomic E-state index is 0.0323. The van der Waals surface area contributed by atoms with E-state index in [1.807, 2.05) is 20.8 Å². The molecule has 20 heavy (non-hydrogen) atoms. The fraction of sp³-hybridized carbons (Fsp3) is 0.933. The predicted octanol–water partition coefficient (Wildman–Crippen LogP) is 4.41. The SMILES string of the molecule is CC[Si](CC)(OC(=O)C(C)C[Si]OC(C)C)C(C)(C)C. The number of hydrogen-bond donors (Lipinski definition) is 0. The highest BCUT2D eigenvalue weighted by Gasteiger charge is 2.46. The summed E-state index contributed by atoms with van der Waals surface area (Å²) in [5, 5.41) is 0.0859. The van der Waals surface area contributed by atoms with Crippen LogP contribution in [0.2, 0.25) is 23.2 Å². The summed E-state index contributed by atoms with van der Waals surface area (Å²) < 4.78 is 11.6. The van der Waals surface area contributed by atoms with Gasteiger partial charge in [-0.05, 0) is 37.0 Å². The van der Waals surface area contributed by atoms with Crippen LogP contribution >= 0.6 is 0 Å². The molecule has 2 radical (unpaired) electrons. The van der Waals surface area contributed by atoms with E-state index in [1.54, 1.807) is 0 Å². The highest BCUT2D eigenvalue weighted by Crippen LogP contribution is 2.42. The Bertz CT molecular complexity index is 294. The lowest BCUT2D eigenvalue weighted by atomic mass is 10.2. The van der Waals surface area contributed by atoms with Crippen molar-refractivity contribution in [3.8, 4) is 0 Å². The molecule has 0 aromatic heterocycles. The minimum Gasteiger partial charge on any atom is -0.518 e. The second kappa shape index (κ2) is 8.34. The van der Waals surface area contributed by atoms with Crippen LogP contribution in [0.1, 0.15) is 55.4 Å². The molecule has 3 nitrogen and oxygen atoms in total. The van der Waals surface area contributed by atoms with Crippen molar-refractivity contribution in [1.82, 2.24) is 0 Å². The Balaban J connectivity index is 4.61. The van der Waals surface area contributed by atoms with Crippen molar-refractivity contribution in [2.45, 2.75) is 84.7 Å². The van der Waals surface area contributed by atoms with Gasteiger partial charge in [-0.1, -0.05) is 41.5 Å². The maximum Gasteiger partial charge on any atom is 0.295 e. The molecule has 0 fully saturated rings. The zero-order valence-corrected chi connectivity index (χ0v) is 16.5. The fourth-order valence-corrected chi connectivity index (χ4v) is 6.97. The zero-order valence-electron chi connectivity index (χ0n) is 14.5. The highest BCUT2D eigenvalue weighted by atomic mass is 28.4. The van der Waals surface area contributed by atoms with E-state index >= 15 is 0 Å². The Morgan fingerprint density at radius 1 is 1.15 bits per heavy atom. The number of carbonyl (C=O) groups is 1. The second-order valence-electron chi connectivity index (χ2n) is 6.79. The van der Waals surface area contributed by atoms with E-state index in [2.05, 4.69) is 34.6 Å². The van der Waals surface area contributed by atoms with Crippen molar-refractivity contribution in [1.29, 1.82) is 0 Å². The lowest BCUT2D eigenvalue weighted by molar-refractivity contribution is -0.139. The third-order valence-electron chi connectivity index (χ3n) is 3.92. The molecule has 1 unspecified atom stereocenters. The van der Waals surface area contributed by atoms with Gasteiger partial charge in [-0.2, -0.15) is 0 Å². The van der Waals surface area contributed by atoms with Crippen LogP contribution < -0.4 is 0 Å².